The second kappa shape index (κ2) is 2.83. The highest BCUT2D eigenvalue weighted by molar-refractivity contribution is 5.97. The summed E-state index contributed by atoms with van der Waals surface area (Å²) in [6, 6.07) is 3.79. The maximum atomic E-state index is 11.2. The number of hydrogen-bond acceptors (Lipinski definition) is 2. The van der Waals surface area contributed by atoms with E-state index in [1.165, 1.54) is 0 Å². The molecule has 13 heavy (non-hydrogen) atoms. The quantitative estimate of drug-likeness (QED) is 0.703. The topological polar surface area (TPSA) is 42.0 Å². The minimum absolute atomic E-state index is 0.00203. The molecule has 1 aliphatic rings. The molecule has 0 bridgehead atoms. The van der Waals surface area contributed by atoms with Crippen molar-refractivity contribution in [1.82, 2.24) is 10.3 Å². The van der Waals surface area contributed by atoms with Crippen LogP contribution >= 0.6 is 0 Å². The fourth-order valence-corrected chi connectivity index (χ4v) is 1.44. The zero-order valence-electron chi connectivity index (χ0n) is 7.79. The van der Waals surface area contributed by atoms with E-state index in [0.717, 1.165) is 17.0 Å². The molecule has 1 aromatic rings. The van der Waals surface area contributed by atoms with Crippen LogP contribution in [0.4, 0.5) is 0 Å². The Morgan fingerprint density at radius 1 is 1.46 bits per heavy atom. The van der Waals surface area contributed by atoms with Crippen molar-refractivity contribution in [2.75, 3.05) is 0 Å². The number of fused-ring (bicyclic) bond motifs is 1. The predicted molar refractivity (Wildman–Crippen MR) is 49.5 cm³/mol. The zero-order valence-corrected chi connectivity index (χ0v) is 7.79. The second-order valence-corrected chi connectivity index (χ2v) is 3.57. The number of pyridine rings is 1. The van der Waals surface area contributed by atoms with Crippen LogP contribution in [-0.4, -0.2) is 10.9 Å². The van der Waals surface area contributed by atoms with Crippen LogP contribution in [0.2, 0.25) is 0 Å². The van der Waals surface area contributed by atoms with Crippen LogP contribution in [0.1, 0.15) is 41.5 Å². The van der Waals surface area contributed by atoms with Crippen LogP contribution in [0.3, 0.4) is 0 Å². The van der Waals surface area contributed by atoms with E-state index in [1.807, 2.05) is 12.1 Å². The van der Waals surface area contributed by atoms with Crippen molar-refractivity contribution in [1.29, 1.82) is 0 Å². The number of carbonyl (C=O) groups excluding carboxylic acids is 1. The van der Waals surface area contributed by atoms with E-state index in [-0.39, 0.29) is 5.91 Å². The largest absolute Gasteiger partial charge is 0.346 e. The lowest BCUT2D eigenvalue weighted by Gasteiger charge is -2.04. The third kappa shape index (κ3) is 1.30. The van der Waals surface area contributed by atoms with Gasteiger partial charge in [-0.25, -0.2) is 0 Å². The van der Waals surface area contributed by atoms with Gasteiger partial charge in [0.25, 0.3) is 5.91 Å². The molecule has 0 atom stereocenters. The Morgan fingerprint density at radius 3 is 2.92 bits per heavy atom. The van der Waals surface area contributed by atoms with Gasteiger partial charge in [0.1, 0.15) is 0 Å². The normalized spacial score (nSPS) is 14.5. The summed E-state index contributed by atoms with van der Waals surface area (Å²) < 4.78 is 0. The Balaban J connectivity index is 2.45. The smallest absolute Gasteiger partial charge is 0.253 e. The standard InChI is InChI=1S/C10H12N2O/c1-6(2)8-4-3-7-9(12-8)5-11-10(7)13/h3-4,6H,5H2,1-2H3,(H,11,13). The maximum absolute atomic E-state index is 11.2. The molecule has 0 saturated carbocycles. The van der Waals surface area contributed by atoms with Gasteiger partial charge in [0.15, 0.2) is 0 Å². The first-order chi connectivity index (χ1) is 6.18. The molecule has 3 heteroatoms. The lowest BCUT2D eigenvalue weighted by atomic mass is 10.1. The van der Waals surface area contributed by atoms with Gasteiger partial charge in [0.05, 0.1) is 17.8 Å². The van der Waals surface area contributed by atoms with Crippen molar-refractivity contribution < 1.29 is 4.79 Å². The van der Waals surface area contributed by atoms with E-state index in [9.17, 15) is 4.79 Å². The summed E-state index contributed by atoms with van der Waals surface area (Å²) in [5, 5.41) is 2.75. The molecule has 2 heterocycles. The molecule has 0 aromatic carbocycles. The molecular weight excluding hydrogens is 164 g/mol. The summed E-state index contributed by atoms with van der Waals surface area (Å²) in [5.41, 5.74) is 2.66. The summed E-state index contributed by atoms with van der Waals surface area (Å²) in [7, 11) is 0. The molecule has 1 N–H and O–H groups in total. The third-order valence-corrected chi connectivity index (χ3v) is 2.25. The monoisotopic (exact) mass is 176 g/mol. The van der Waals surface area contributed by atoms with Crippen LogP contribution in [0, 0.1) is 0 Å². The highest BCUT2D eigenvalue weighted by atomic mass is 16.1. The zero-order chi connectivity index (χ0) is 9.42. The van der Waals surface area contributed by atoms with E-state index in [2.05, 4.69) is 24.1 Å². The van der Waals surface area contributed by atoms with E-state index in [0.29, 0.717) is 12.5 Å². The van der Waals surface area contributed by atoms with Gasteiger partial charge in [0.2, 0.25) is 0 Å². The third-order valence-electron chi connectivity index (χ3n) is 2.25. The van der Waals surface area contributed by atoms with Gasteiger partial charge < -0.3 is 5.32 Å². The number of aromatic nitrogens is 1. The molecule has 2 rings (SSSR count). The maximum Gasteiger partial charge on any atom is 0.253 e. The van der Waals surface area contributed by atoms with E-state index in [4.69, 9.17) is 0 Å². The van der Waals surface area contributed by atoms with Gasteiger partial charge in [0, 0.05) is 5.69 Å². The van der Waals surface area contributed by atoms with Crippen molar-refractivity contribution in [2.45, 2.75) is 26.3 Å². The molecule has 3 nitrogen and oxygen atoms in total. The van der Waals surface area contributed by atoms with Gasteiger partial charge >= 0.3 is 0 Å². The first-order valence-electron chi connectivity index (χ1n) is 4.46. The molecule has 1 amide bonds. The molecular formula is C10H12N2O. The van der Waals surface area contributed by atoms with E-state index in [1.54, 1.807) is 0 Å². The van der Waals surface area contributed by atoms with Gasteiger partial charge in [-0.15, -0.1) is 0 Å². The first kappa shape index (κ1) is 8.23. The number of nitrogens with one attached hydrogen (secondary N) is 1. The second-order valence-electron chi connectivity index (χ2n) is 3.57. The van der Waals surface area contributed by atoms with Crippen molar-refractivity contribution in [3.8, 4) is 0 Å². The number of hydrogen-bond donors (Lipinski definition) is 1. The number of rotatable bonds is 1. The van der Waals surface area contributed by atoms with Crippen molar-refractivity contribution in [3.05, 3.63) is 29.1 Å². The van der Waals surface area contributed by atoms with Crippen LogP contribution in [-0.2, 0) is 6.54 Å². The number of carbonyl (C=O) groups is 1. The molecule has 0 unspecified atom stereocenters. The molecule has 0 fully saturated rings. The van der Waals surface area contributed by atoms with Crippen LogP contribution in [0.25, 0.3) is 0 Å². The number of nitrogens with zero attached hydrogens (tertiary/aromatic N) is 1. The fraction of sp³-hybridized carbons (Fsp3) is 0.400. The van der Waals surface area contributed by atoms with Gasteiger partial charge in [-0.2, -0.15) is 0 Å². The van der Waals surface area contributed by atoms with Crippen molar-refractivity contribution in [2.24, 2.45) is 0 Å². The molecule has 0 spiro atoms. The average Bonchev–Trinajstić information content (AvgIpc) is 2.47. The highest BCUT2D eigenvalue weighted by Gasteiger charge is 2.20. The minimum Gasteiger partial charge on any atom is -0.346 e. The molecule has 0 aliphatic carbocycles. The predicted octanol–water partition coefficient (Wildman–Crippen LogP) is 1.45. The number of amides is 1. The van der Waals surface area contributed by atoms with Gasteiger partial charge in [-0.1, -0.05) is 13.8 Å². The first-order valence-corrected chi connectivity index (χ1v) is 4.46. The minimum atomic E-state index is -0.00203. The fourth-order valence-electron chi connectivity index (χ4n) is 1.44. The van der Waals surface area contributed by atoms with E-state index >= 15 is 0 Å². The molecule has 1 aliphatic heterocycles. The summed E-state index contributed by atoms with van der Waals surface area (Å²) in [4.78, 5) is 15.6. The summed E-state index contributed by atoms with van der Waals surface area (Å²) >= 11 is 0. The van der Waals surface area contributed by atoms with Gasteiger partial charge in [-0.05, 0) is 18.1 Å². The van der Waals surface area contributed by atoms with Gasteiger partial charge in [-0.3, -0.25) is 9.78 Å². The lowest BCUT2D eigenvalue weighted by molar-refractivity contribution is 0.0966. The van der Waals surface area contributed by atoms with Crippen LogP contribution < -0.4 is 5.32 Å². The van der Waals surface area contributed by atoms with Crippen molar-refractivity contribution >= 4 is 5.91 Å². The Hall–Kier alpha value is -1.38. The molecule has 0 radical (unpaired) electrons. The SMILES string of the molecule is CC(C)c1ccc2c(n1)CNC2=O. The highest BCUT2D eigenvalue weighted by Crippen LogP contribution is 2.17. The Labute approximate surface area is 77.2 Å². The molecule has 1 aromatic heterocycles. The summed E-state index contributed by atoms with van der Waals surface area (Å²) in [6.45, 7) is 4.77. The van der Waals surface area contributed by atoms with Crippen LogP contribution in [0.15, 0.2) is 12.1 Å². The van der Waals surface area contributed by atoms with Crippen molar-refractivity contribution in [3.63, 3.8) is 0 Å². The summed E-state index contributed by atoms with van der Waals surface area (Å²) in [6.07, 6.45) is 0. The summed E-state index contributed by atoms with van der Waals surface area (Å²) in [5.74, 6) is 0.416. The molecule has 68 valence electrons. The Kier molecular flexibility index (Phi) is 1.79. The average molecular weight is 176 g/mol. The molecule has 0 saturated heterocycles. The van der Waals surface area contributed by atoms with E-state index < -0.39 is 0 Å². The lowest BCUT2D eigenvalue weighted by Crippen LogP contribution is -2.12. The Morgan fingerprint density at radius 2 is 2.23 bits per heavy atom. The van der Waals surface area contributed by atoms with Crippen LogP contribution in [0.5, 0.6) is 0 Å². The Bertz CT molecular complexity index is 358.